The lowest BCUT2D eigenvalue weighted by Crippen LogP contribution is -2.38. The molecule has 1 fully saturated rings. The molecule has 2 aromatic carbocycles. The Morgan fingerprint density at radius 2 is 1.71 bits per heavy atom. The molecule has 0 saturated carbocycles. The molecule has 0 unspecified atom stereocenters. The summed E-state index contributed by atoms with van der Waals surface area (Å²) >= 11 is 0. The standard InChI is InChI=1S/C20H19F6N3O2/c1-11(19(30)28-14-4-3-13(21)17(22)18(14)23)27-15-10-12(20(24,25)26)2-5-16(15)29-6-8-31-9-7-29/h2-5,10-11,27H,6-9H2,1H3,(H,28,30)/t11-/m0/s1. The first kappa shape index (κ1) is 22.7. The highest BCUT2D eigenvalue weighted by Crippen LogP contribution is 2.36. The van der Waals surface area contributed by atoms with Crippen molar-refractivity contribution in [3.05, 3.63) is 53.3 Å². The summed E-state index contributed by atoms with van der Waals surface area (Å²) in [6.07, 6.45) is -4.60. The molecule has 0 bridgehead atoms. The van der Waals surface area contributed by atoms with Gasteiger partial charge in [0, 0.05) is 13.1 Å². The molecule has 0 radical (unpaired) electrons. The normalized spacial score (nSPS) is 15.5. The van der Waals surface area contributed by atoms with Crippen molar-refractivity contribution in [1.29, 1.82) is 0 Å². The zero-order valence-electron chi connectivity index (χ0n) is 16.3. The van der Waals surface area contributed by atoms with Gasteiger partial charge in [-0.1, -0.05) is 0 Å². The fourth-order valence-corrected chi connectivity index (χ4v) is 3.07. The molecule has 1 heterocycles. The maximum Gasteiger partial charge on any atom is 0.416 e. The molecule has 3 rings (SSSR count). The Hall–Kier alpha value is -2.95. The first-order valence-corrected chi connectivity index (χ1v) is 9.32. The van der Waals surface area contributed by atoms with Crippen LogP contribution in [0.25, 0.3) is 0 Å². The average Bonchev–Trinajstić information content (AvgIpc) is 2.74. The maximum atomic E-state index is 13.8. The minimum Gasteiger partial charge on any atom is -0.378 e. The molecule has 0 spiro atoms. The van der Waals surface area contributed by atoms with Crippen LogP contribution in [0.5, 0.6) is 0 Å². The predicted octanol–water partition coefficient (Wildman–Crippen LogP) is 4.40. The van der Waals surface area contributed by atoms with E-state index in [1.54, 1.807) is 0 Å². The summed E-state index contributed by atoms with van der Waals surface area (Å²) < 4.78 is 85.1. The summed E-state index contributed by atoms with van der Waals surface area (Å²) in [4.78, 5) is 14.2. The third-order valence-electron chi connectivity index (χ3n) is 4.73. The molecular weight excluding hydrogens is 428 g/mol. The lowest BCUT2D eigenvalue weighted by atomic mass is 10.1. The van der Waals surface area contributed by atoms with E-state index in [0.29, 0.717) is 38.1 Å². The topological polar surface area (TPSA) is 53.6 Å². The van der Waals surface area contributed by atoms with E-state index < -0.39 is 46.8 Å². The van der Waals surface area contributed by atoms with E-state index in [0.717, 1.165) is 18.2 Å². The van der Waals surface area contributed by atoms with E-state index in [2.05, 4.69) is 10.6 Å². The molecule has 5 nitrogen and oxygen atoms in total. The number of morpholine rings is 1. The molecule has 11 heteroatoms. The Bertz CT molecular complexity index is 961. The zero-order chi connectivity index (χ0) is 22.8. The Morgan fingerprint density at radius 3 is 2.35 bits per heavy atom. The maximum absolute atomic E-state index is 13.8. The van der Waals surface area contributed by atoms with Gasteiger partial charge in [-0.25, -0.2) is 13.2 Å². The fraction of sp³-hybridized carbons (Fsp3) is 0.350. The molecule has 2 aromatic rings. The quantitative estimate of drug-likeness (QED) is 0.527. The van der Waals surface area contributed by atoms with Gasteiger partial charge >= 0.3 is 6.18 Å². The Kier molecular flexibility index (Phi) is 6.63. The number of hydrogen-bond donors (Lipinski definition) is 2. The monoisotopic (exact) mass is 447 g/mol. The number of ether oxygens (including phenoxy) is 1. The molecule has 1 saturated heterocycles. The number of carbonyl (C=O) groups is 1. The highest BCUT2D eigenvalue weighted by Gasteiger charge is 2.32. The number of anilines is 3. The van der Waals surface area contributed by atoms with Crippen LogP contribution < -0.4 is 15.5 Å². The van der Waals surface area contributed by atoms with Crippen LogP contribution in [0.15, 0.2) is 30.3 Å². The van der Waals surface area contributed by atoms with Crippen molar-refractivity contribution < 1.29 is 35.9 Å². The molecule has 1 atom stereocenters. The van der Waals surface area contributed by atoms with Gasteiger partial charge in [0.05, 0.1) is 35.8 Å². The van der Waals surface area contributed by atoms with Crippen LogP contribution in [0.3, 0.4) is 0 Å². The van der Waals surface area contributed by atoms with Crippen LogP contribution in [0.4, 0.5) is 43.4 Å². The van der Waals surface area contributed by atoms with Gasteiger partial charge in [0.25, 0.3) is 0 Å². The highest BCUT2D eigenvalue weighted by atomic mass is 19.4. The van der Waals surface area contributed by atoms with Gasteiger partial charge in [-0.2, -0.15) is 13.2 Å². The molecule has 0 aromatic heterocycles. The van der Waals surface area contributed by atoms with E-state index in [9.17, 15) is 31.1 Å². The highest BCUT2D eigenvalue weighted by molar-refractivity contribution is 5.97. The SMILES string of the molecule is C[C@H](Nc1cc(C(F)(F)F)ccc1N1CCOCC1)C(=O)Nc1ccc(F)c(F)c1F. The molecular formula is C20H19F6N3O2. The van der Waals surface area contributed by atoms with Crippen LogP contribution in [0.1, 0.15) is 12.5 Å². The van der Waals surface area contributed by atoms with Gasteiger partial charge in [-0.15, -0.1) is 0 Å². The van der Waals surface area contributed by atoms with Gasteiger partial charge in [0.2, 0.25) is 5.91 Å². The van der Waals surface area contributed by atoms with Crippen LogP contribution in [-0.4, -0.2) is 38.3 Å². The molecule has 1 aliphatic rings. The number of hydrogen-bond acceptors (Lipinski definition) is 4. The Morgan fingerprint density at radius 1 is 1.03 bits per heavy atom. The second kappa shape index (κ2) is 9.04. The number of nitrogens with zero attached hydrogens (tertiary/aromatic N) is 1. The second-order valence-corrected chi connectivity index (χ2v) is 6.91. The summed E-state index contributed by atoms with van der Waals surface area (Å²) in [7, 11) is 0. The Labute approximate surface area is 174 Å². The van der Waals surface area contributed by atoms with Gasteiger partial charge in [0.15, 0.2) is 17.5 Å². The average molecular weight is 447 g/mol. The first-order valence-electron chi connectivity index (χ1n) is 9.32. The number of rotatable bonds is 5. The summed E-state index contributed by atoms with van der Waals surface area (Å²) in [5.41, 5.74) is -1.01. The summed E-state index contributed by atoms with van der Waals surface area (Å²) in [6, 6.07) is 3.49. The molecule has 2 N–H and O–H groups in total. The minimum absolute atomic E-state index is 0.0464. The number of benzene rings is 2. The molecule has 168 valence electrons. The summed E-state index contributed by atoms with van der Waals surface area (Å²) in [5, 5.41) is 4.80. The van der Waals surface area contributed by atoms with Crippen molar-refractivity contribution in [2.45, 2.75) is 19.1 Å². The Balaban J connectivity index is 1.83. The predicted molar refractivity (Wildman–Crippen MR) is 103 cm³/mol. The lowest BCUT2D eigenvalue weighted by molar-refractivity contribution is -0.137. The lowest BCUT2D eigenvalue weighted by Gasteiger charge is -2.31. The third kappa shape index (κ3) is 5.22. The van der Waals surface area contributed by atoms with Crippen LogP contribution in [-0.2, 0) is 15.7 Å². The smallest absolute Gasteiger partial charge is 0.378 e. The van der Waals surface area contributed by atoms with Crippen molar-refractivity contribution in [3.8, 4) is 0 Å². The van der Waals surface area contributed by atoms with E-state index >= 15 is 0 Å². The van der Waals surface area contributed by atoms with Crippen molar-refractivity contribution >= 4 is 23.0 Å². The van der Waals surface area contributed by atoms with E-state index in [4.69, 9.17) is 4.74 Å². The molecule has 0 aliphatic carbocycles. The van der Waals surface area contributed by atoms with E-state index in [1.165, 1.54) is 13.0 Å². The molecule has 1 amide bonds. The van der Waals surface area contributed by atoms with E-state index in [-0.39, 0.29) is 5.69 Å². The van der Waals surface area contributed by atoms with Crippen molar-refractivity contribution in [3.63, 3.8) is 0 Å². The van der Waals surface area contributed by atoms with Crippen molar-refractivity contribution in [2.24, 2.45) is 0 Å². The number of halogens is 6. The first-order chi connectivity index (χ1) is 14.6. The number of amides is 1. The largest absolute Gasteiger partial charge is 0.416 e. The van der Waals surface area contributed by atoms with Gasteiger partial charge < -0.3 is 20.3 Å². The second-order valence-electron chi connectivity index (χ2n) is 6.91. The van der Waals surface area contributed by atoms with E-state index in [1.807, 2.05) is 4.90 Å². The number of nitrogens with one attached hydrogen (secondary N) is 2. The van der Waals surface area contributed by atoms with Crippen molar-refractivity contribution in [2.75, 3.05) is 41.8 Å². The van der Waals surface area contributed by atoms with Gasteiger partial charge in [0.1, 0.15) is 6.04 Å². The number of alkyl halides is 3. The minimum atomic E-state index is -4.60. The van der Waals surface area contributed by atoms with Crippen molar-refractivity contribution in [1.82, 2.24) is 0 Å². The summed E-state index contributed by atoms with van der Waals surface area (Å²) in [6.45, 7) is 3.02. The van der Waals surface area contributed by atoms with Crippen LogP contribution in [0.2, 0.25) is 0 Å². The van der Waals surface area contributed by atoms with Crippen LogP contribution >= 0.6 is 0 Å². The summed E-state index contributed by atoms with van der Waals surface area (Å²) in [5.74, 6) is -5.59. The molecule has 1 aliphatic heterocycles. The zero-order valence-corrected chi connectivity index (χ0v) is 16.3. The number of carbonyl (C=O) groups excluding carboxylic acids is 1. The van der Waals surface area contributed by atoms with Gasteiger partial charge in [-0.05, 0) is 37.3 Å². The third-order valence-corrected chi connectivity index (χ3v) is 4.73. The van der Waals surface area contributed by atoms with Gasteiger partial charge in [-0.3, -0.25) is 4.79 Å². The van der Waals surface area contributed by atoms with Crippen LogP contribution in [0, 0.1) is 17.5 Å². The fourth-order valence-electron chi connectivity index (χ4n) is 3.07. The molecule has 31 heavy (non-hydrogen) atoms.